The first-order valence-electron chi connectivity index (χ1n) is 11.2. The number of nitrogens with zero attached hydrogens (tertiary/aromatic N) is 4. The van der Waals surface area contributed by atoms with Crippen LogP contribution in [0.3, 0.4) is 0 Å². The van der Waals surface area contributed by atoms with Gasteiger partial charge < -0.3 is 15.4 Å². The van der Waals surface area contributed by atoms with Crippen molar-refractivity contribution < 1.29 is 13.2 Å². The molecule has 0 unspecified atom stereocenters. The van der Waals surface area contributed by atoms with Crippen LogP contribution in [0.4, 0.5) is 17.5 Å². The molecule has 0 amide bonds. The first-order valence-corrected chi connectivity index (χ1v) is 13.5. The molecule has 3 aromatic rings. The van der Waals surface area contributed by atoms with Crippen molar-refractivity contribution in [2.75, 3.05) is 34.8 Å². The summed E-state index contributed by atoms with van der Waals surface area (Å²) in [7, 11) is -3.51. The van der Waals surface area contributed by atoms with Gasteiger partial charge in [0, 0.05) is 35.1 Å². The van der Waals surface area contributed by atoms with Gasteiger partial charge in [-0.2, -0.15) is 4.98 Å². The van der Waals surface area contributed by atoms with Gasteiger partial charge in [0.1, 0.15) is 18.2 Å². The zero-order valence-electron chi connectivity index (χ0n) is 20.4. The number of nitrogen functional groups attached to an aromatic ring is 1. The van der Waals surface area contributed by atoms with Crippen molar-refractivity contribution in [1.82, 2.24) is 15.0 Å². The second-order valence-corrected chi connectivity index (χ2v) is 11.2. The third-order valence-corrected chi connectivity index (χ3v) is 6.69. The maximum atomic E-state index is 11.7. The molecule has 4 rings (SSSR count). The quantitative estimate of drug-likeness (QED) is 0.481. The van der Waals surface area contributed by atoms with E-state index in [1.54, 1.807) is 12.3 Å². The summed E-state index contributed by atoms with van der Waals surface area (Å²) in [5.41, 5.74) is 11.7. The highest BCUT2D eigenvalue weighted by Crippen LogP contribution is 2.37. The molecular formula is C24H29ClN6O3S. The van der Waals surface area contributed by atoms with E-state index in [1.165, 1.54) is 0 Å². The monoisotopic (exact) mass is 516 g/mol. The van der Waals surface area contributed by atoms with Gasteiger partial charge in [-0.1, -0.05) is 25.4 Å². The number of hydrogen-bond donors (Lipinski definition) is 2. The van der Waals surface area contributed by atoms with Crippen LogP contribution in [0.5, 0.6) is 5.75 Å². The van der Waals surface area contributed by atoms with E-state index < -0.39 is 10.0 Å². The lowest BCUT2D eigenvalue weighted by atomic mass is 9.99. The molecule has 35 heavy (non-hydrogen) atoms. The first-order chi connectivity index (χ1) is 16.4. The van der Waals surface area contributed by atoms with Crippen LogP contribution in [0.2, 0.25) is 5.15 Å². The zero-order chi connectivity index (χ0) is 25.5. The van der Waals surface area contributed by atoms with E-state index in [4.69, 9.17) is 22.1 Å². The molecule has 3 N–H and O–H groups in total. The second-order valence-electron chi connectivity index (χ2n) is 9.05. The van der Waals surface area contributed by atoms with Crippen LogP contribution in [0, 0.1) is 13.8 Å². The summed E-state index contributed by atoms with van der Waals surface area (Å²) in [4.78, 5) is 15.3. The number of aromatic nitrogens is 3. The third kappa shape index (κ3) is 5.43. The van der Waals surface area contributed by atoms with Crippen LogP contribution in [-0.4, -0.2) is 42.8 Å². The predicted octanol–water partition coefficient (Wildman–Crippen LogP) is 4.28. The predicted molar refractivity (Wildman–Crippen MR) is 140 cm³/mol. The molecule has 0 aliphatic carbocycles. The number of rotatable bonds is 5. The van der Waals surface area contributed by atoms with Crippen molar-refractivity contribution in [3.8, 4) is 16.9 Å². The molecule has 1 aromatic carbocycles. The Bertz CT molecular complexity index is 1390. The molecule has 0 atom stereocenters. The molecule has 0 saturated carbocycles. The minimum Gasteiger partial charge on any atom is -0.491 e. The maximum absolute atomic E-state index is 11.7. The molecule has 1 aliphatic rings. The Hall–Kier alpha value is -3.11. The van der Waals surface area contributed by atoms with E-state index in [2.05, 4.69) is 38.4 Å². The maximum Gasteiger partial charge on any atom is 0.229 e. The number of halogens is 1. The fourth-order valence-electron chi connectivity index (χ4n) is 4.44. The van der Waals surface area contributed by atoms with Gasteiger partial charge in [0.25, 0.3) is 0 Å². The number of hydrogen-bond acceptors (Lipinski definition) is 8. The Morgan fingerprint density at radius 2 is 1.91 bits per heavy atom. The fourth-order valence-corrected chi connectivity index (χ4v) is 5.20. The average molecular weight is 517 g/mol. The molecule has 2 aromatic heterocycles. The molecule has 1 aliphatic heterocycles. The van der Waals surface area contributed by atoms with Gasteiger partial charge in [-0.15, -0.1) is 0 Å². The SMILES string of the molecule is Cc1cc(-c2cnc(Cl)c(NS(C)(=O)=O)c2)cc2c1OCCN(c1nc(N)nc(C)c1C(C)C)C2. The summed E-state index contributed by atoms with van der Waals surface area (Å²) in [6.45, 7) is 9.88. The number of pyridine rings is 1. The van der Waals surface area contributed by atoms with E-state index in [0.29, 0.717) is 19.7 Å². The molecule has 186 valence electrons. The topological polar surface area (TPSA) is 123 Å². The summed E-state index contributed by atoms with van der Waals surface area (Å²) in [6.07, 6.45) is 2.69. The highest BCUT2D eigenvalue weighted by molar-refractivity contribution is 7.92. The molecule has 3 heterocycles. The van der Waals surface area contributed by atoms with E-state index >= 15 is 0 Å². The molecule has 0 bridgehead atoms. The van der Waals surface area contributed by atoms with Crippen molar-refractivity contribution >= 4 is 39.1 Å². The Morgan fingerprint density at radius 1 is 1.17 bits per heavy atom. The van der Waals surface area contributed by atoms with Crippen LogP contribution in [0.25, 0.3) is 11.1 Å². The molecule has 0 saturated heterocycles. The van der Waals surface area contributed by atoms with E-state index in [-0.39, 0.29) is 22.7 Å². The second kappa shape index (κ2) is 9.50. The summed E-state index contributed by atoms with van der Waals surface area (Å²) >= 11 is 6.12. The normalized spacial score (nSPS) is 13.9. The summed E-state index contributed by atoms with van der Waals surface area (Å²) in [6, 6.07) is 5.70. The lowest BCUT2D eigenvalue weighted by Gasteiger charge is -2.26. The lowest BCUT2D eigenvalue weighted by molar-refractivity contribution is 0.329. The average Bonchev–Trinajstić information content (AvgIpc) is 2.96. The summed E-state index contributed by atoms with van der Waals surface area (Å²) in [5, 5.41) is 0.0816. The number of anilines is 3. The van der Waals surface area contributed by atoms with Gasteiger partial charge in [-0.25, -0.2) is 18.4 Å². The highest BCUT2D eigenvalue weighted by Gasteiger charge is 2.24. The van der Waals surface area contributed by atoms with Crippen LogP contribution < -0.4 is 20.1 Å². The molecule has 9 nitrogen and oxygen atoms in total. The van der Waals surface area contributed by atoms with Crippen molar-refractivity contribution in [2.24, 2.45) is 0 Å². The molecule has 0 spiro atoms. The Kier molecular flexibility index (Phi) is 6.79. The molecule has 0 radical (unpaired) electrons. The van der Waals surface area contributed by atoms with Crippen molar-refractivity contribution in [3.63, 3.8) is 0 Å². The molecular weight excluding hydrogens is 488 g/mol. The van der Waals surface area contributed by atoms with Gasteiger partial charge in [-0.3, -0.25) is 4.72 Å². The van der Waals surface area contributed by atoms with Gasteiger partial charge in [0.05, 0.1) is 18.5 Å². The van der Waals surface area contributed by atoms with Crippen LogP contribution in [0.1, 0.15) is 42.1 Å². The standard InChI is InChI=1S/C24H29ClN6O3S/c1-13(2)20-15(4)28-24(26)29-23(20)31-6-7-34-21-14(3)8-16(9-18(21)12-31)17-10-19(22(25)27-11-17)30-35(5,32)33/h8-11,13,30H,6-7,12H2,1-5H3,(H2,26,28,29). The largest absolute Gasteiger partial charge is 0.491 e. The Balaban J connectivity index is 1.77. The van der Waals surface area contributed by atoms with Gasteiger partial charge in [0.2, 0.25) is 16.0 Å². The van der Waals surface area contributed by atoms with E-state index in [9.17, 15) is 8.42 Å². The minimum atomic E-state index is -3.51. The van der Waals surface area contributed by atoms with E-state index in [1.807, 2.05) is 26.0 Å². The van der Waals surface area contributed by atoms with Crippen LogP contribution in [0.15, 0.2) is 24.4 Å². The molecule has 11 heteroatoms. The zero-order valence-corrected chi connectivity index (χ0v) is 22.0. The number of benzene rings is 1. The highest BCUT2D eigenvalue weighted by atomic mass is 35.5. The number of nitrogens with one attached hydrogen (secondary N) is 1. The summed E-state index contributed by atoms with van der Waals surface area (Å²) < 4.78 is 32.0. The van der Waals surface area contributed by atoms with Crippen molar-refractivity contribution in [2.45, 2.75) is 40.2 Å². The fraction of sp³-hybridized carbons (Fsp3) is 0.375. The Morgan fingerprint density at radius 3 is 2.60 bits per heavy atom. The first kappa shape index (κ1) is 25.0. The van der Waals surface area contributed by atoms with Gasteiger partial charge in [0.15, 0.2) is 5.15 Å². The number of fused-ring (bicyclic) bond motifs is 1. The third-order valence-electron chi connectivity index (χ3n) is 5.80. The number of sulfonamides is 1. The van der Waals surface area contributed by atoms with Crippen LogP contribution >= 0.6 is 11.6 Å². The number of nitrogens with two attached hydrogens (primary N) is 1. The summed E-state index contributed by atoms with van der Waals surface area (Å²) in [5.74, 6) is 2.12. The Labute approximate surface area is 210 Å². The smallest absolute Gasteiger partial charge is 0.229 e. The lowest BCUT2D eigenvalue weighted by Crippen LogP contribution is -2.28. The molecule has 0 fully saturated rings. The number of ether oxygens (including phenoxy) is 1. The number of aryl methyl sites for hydroxylation is 2. The van der Waals surface area contributed by atoms with Crippen molar-refractivity contribution in [3.05, 3.63) is 51.9 Å². The van der Waals surface area contributed by atoms with Gasteiger partial charge in [-0.05, 0) is 49.1 Å². The van der Waals surface area contributed by atoms with Crippen molar-refractivity contribution in [1.29, 1.82) is 0 Å². The van der Waals surface area contributed by atoms with E-state index in [0.717, 1.165) is 51.3 Å². The van der Waals surface area contributed by atoms with Crippen LogP contribution in [-0.2, 0) is 16.6 Å². The van der Waals surface area contributed by atoms with Gasteiger partial charge >= 0.3 is 0 Å². The minimum absolute atomic E-state index is 0.0816.